The van der Waals surface area contributed by atoms with Gasteiger partial charge in [0.25, 0.3) is 0 Å². The van der Waals surface area contributed by atoms with Crippen LogP contribution in [0.25, 0.3) is 0 Å². The molecule has 0 fully saturated rings. The molecule has 0 radical (unpaired) electrons. The molecule has 2 N–H and O–H groups in total. The highest BCUT2D eigenvalue weighted by Gasteiger charge is 2.00. The van der Waals surface area contributed by atoms with Crippen molar-refractivity contribution in [3.63, 3.8) is 0 Å². The van der Waals surface area contributed by atoms with Crippen LogP contribution in [0.2, 0.25) is 0 Å². The fourth-order valence-electron chi connectivity index (χ4n) is 1.67. The standard InChI is InChI=1S/C14H18N4S/c1-3-18-10-12(9-16-18)8-15-14(19)17-13-6-4-11(2)5-7-13/h4-7,9-10H,3,8H2,1-2H3,(H2,15,17,19). The molecule has 0 amide bonds. The maximum atomic E-state index is 5.25. The van der Waals surface area contributed by atoms with Crippen molar-refractivity contribution >= 4 is 23.0 Å². The van der Waals surface area contributed by atoms with Crippen LogP contribution in [0.1, 0.15) is 18.1 Å². The predicted molar refractivity (Wildman–Crippen MR) is 82.1 cm³/mol. The molecular formula is C14H18N4S. The first-order valence-corrected chi connectivity index (χ1v) is 6.71. The number of hydrogen-bond acceptors (Lipinski definition) is 2. The van der Waals surface area contributed by atoms with E-state index in [1.807, 2.05) is 29.2 Å². The van der Waals surface area contributed by atoms with E-state index in [1.54, 1.807) is 0 Å². The normalized spacial score (nSPS) is 10.2. The number of rotatable bonds is 4. The van der Waals surface area contributed by atoms with E-state index in [0.717, 1.165) is 17.8 Å². The molecule has 0 atom stereocenters. The molecule has 4 nitrogen and oxygen atoms in total. The lowest BCUT2D eigenvalue weighted by Gasteiger charge is -2.09. The quantitative estimate of drug-likeness (QED) is 0.841. The number of aromatic nitrogens is 2. The zero-order valence-electron chi connectivity index (χ0n) is 11.2. The molecule has 5 heteroatoms. The Labute approximate surface area is 118 Å². The van der Waals surface area contributed by atoms with E-state index >= 15 is 0 Å². The van der Waals surface area contributed by atoms with E-state index in [4.69, 9.17) is 12.2 Å². The third-order valence-electron chi connectivity index (χ3n) is 2.77. The Morgan fingerprint density at radius 2 is 2.05 bits per heavy atom. The summed E-state index contributed by atoms with van der Waals surface area (Å²) in [7, 11) is 0. The van der Waals surface area contributed by atoms with Gasteiger partial charge in [0.2, 0.25) is 0 Å². The second-order valence-corrected chi connectivity index (χ2v) is 4.79. The second-order valence-electron chi connectivity index (χ2n) is 4.38. The van der Waals surface area contributed by atoms with Crippen molar-refractivity contribution in [2.45, 2.75) is 26.9 Å². The Hall–Kier alpha value is -1.88. The molecule has 1 aromatic carbocycles. The van der Waals surface area contributed by atoms with Crippen molar-refractivity contribution in [1.82, 2.24) is 15.1 Å². The van der Waals surface area contributed by atoms with Crippen molar-refractivity contribution in [1.29, 1.82) is 0 Å². The molecular weight excluding hydrogens is 256 g/mol. The first-order chi connectivity index (χ1) is 9.17. The summed E-state index contributed by atoms with van der Waals surface area (Å²) < 4.78 is 1.90. The molecule has 0 spiro atoms. The average Bonchev–Trinajstić information content (AvgIpc) is 2.87. The lowest BCUT2D eigenvalue weighted by molar-refractivity contribution is 0.659. The number of anilines is 1. The van der Waals surface area contributed by atoms with Crippen molar-refractivity contribution in [2.24, 2.45) is 0 Å². The number of benzene rings is 1. The average molecular weight is 274 g/mol. The highest BCUT2D eigenvalue weighted by Crippen LogP contribution is 2.08. The maximum absolute atomic E-state index is 5.25. The number of aryl methyl sites for hydroxylation is 2. The SMILES string of the molecule is CCn1cc(CNC(=S)Nc2ccc(C)cc2)cn1. The molecule has 0 bridgehead atoms. The molecule has 0 unspecified atom stereocenters. The van der Waals surface area contributed by atoms with Gasteiger partial charge in [0.15, 0.2) is 5.11 Å². The predicted octanol–water partition coefficient (Wildman–Crippen LogP) is 2.70. The molecule has 100 valence electrons. The summed E-state index contributed by atoms with van der Waals surface area (Å²) in [6.45, 7) is 5.68. The van der Waals surface area contributed by atoms with Crippen LogP contribution < -0.4 is 10.6 Å². The topological polar surface area (TPSA) is 41.9 Å². The Kier molecular flexibility index (Phi) is 4.52. The first kappa shape index (κ1) is 13.5. The molecule has 19 heavy (non-hydrogen) atoms. The molecule has 0 aliphatic rings. The minimum absolute atomic E-state index is 0.619. The largest absolute Gasteiger partial charge is 0.358 e. The van der Waals surface area contributed by atoms with E-state index in [9.17, 15) is 0 Å². The Morgan fingerprint density at radius 1 is 1.32 bits per heavy atom. The number of thiocarbonyl (C=S) groups is 1. The molecule has 1 aromatic heterocycles. The molecule has 2 aromatic rings. The number of nitrogens with one attached hydrogen (secondary N) is 2. The number of hydrogen-bond donors (Lipinski definition) is 2. The Bertz CT molecular complexity index is 545. The van der Waals surface area contributed by atoms with E-state index in [0.29, 0.717) is 11.7 Å². The van der Waals surface area contributed by atoms with Crippen LogP contribution in [0.3, 0.4) is 0 Å². The lowest BCUT2D eigenvalue weighted by atomic mass is 10.2. The van der Waals surface area contributed by atoms with Gasteiger partial charge in [-0.1, -0.05) is 17.7 Å². The Morgan fingerprint density at radius 3 is 2.68 bits per heavy atom. The van der Waals surface area contributed by atoms with Crippen LogP contribution in [-0.2, 0) is 13.1 Å². The van der Waals surface area contributed by atoms with Gasteiger partial charge in [-0.3, -0.25) is 4.68 Å². The van der Waals surface area contributed by atoms with Gasteiger partial charge in [0.05, 0.1) is 6.20 Å². The molecule has 2 rings (SSSR count). The summed E-state index contributed by atoms with van der Waals surface area (Å²) in [5, 5.41) is 11.2. The van der Waals surface area contributed by atoms with Crippen LogP contribution in [0, 0.1) is 6.92 Å². The first-order valence-electron chi connectivity index (χ1n) is 6.30. The van der Waals surface area contributed by atoms with Crippen molar-refractivity contribution < 1.29 is 0 Å². The number of nitrogens with zero attached hydrogens (tertiary/aromatic N) is 2. The van der Waals surface area contributed by atoms with Crippen LogP contribution in [0.5, 0.6) is 0 Å². The van der Waals surface area contributed by atoms with Crippen molar-refractivity contribution in [3.05, 3.63) is 47.8 Å². The zero-order valence-corrected chi connectivity index (χ0v) is 12.0. The van der Waals surface area contributed by atoms with Crippen LogP contribution in [0.15, 0.2) is 36.7 Å². The third kappa shape index (κ3) is 4.06. The van der Waals surface area contributed by atoms with Crippen LogP contribution >= 0.6 is 12.2 Å². The van der Waals surface area contributed by atoms with Gasteiger partial charge >= 0.3 is 0 Å². The van der Waals surface area contributed by atoms with Gasteiger partial charge in [-0.05, 0) is 38.2 Å². The summed E-state index contributed by atoms with van der Waals surface area (Å²) in [6, 6.07) is 8.13. The monoisotopic (exact) mass is 274 g/mol. The smallest absolute Gasteiger partial charge is 0.171 e. The van der Waals surface area contributed by atoms with Gasteiger partial charge in [-0.15, -0.1) is 0 Å². The van der Waals surface area contributed by atoms with Gasteiger partial charge in [-0.2, -0.15) is 5.10 Å². The van der Waals surface area contributed by atoms with E-state index < -0.39 is 0 Å². The molecule has 1 heterocycles. The van der Waals surface area contributed by atoms with Gasteiger partial charge in [-0.25, -0.2) is 0 Å². The molecule has 0 aliphatic carbocycles. The molecule has 0 aliphatic heterocycles. The highest BCUT2D eigenvalue weighted by atomic mass is 32.1. The van der Waals surface area contributed by atoms with E-state index in [-0.39, 0.29) is 0 Å². The lowest BCUT2D eigenvalue weighted by Crippen LogP contribution is -2.27. The second kappa shape index (κ2) is 6.33. The van der Waals surface area contributed by atoms with Crippen molar-refractivity contribution in [2.75, 3.05) is 5.32 Å². The summed E-state index contributed by atoms with van der Waals surface area (Å²) >= 11 is 5.25. The third-order valence-corrected chi connectivity index (χ3v) is 3.02. The van der Waals surface area contributed by atoms with E-state index in [2.05, 4.69) is 41.7 Å². The maximum Gasteiger partial charge on any atom is 0.171 e. The van der Waals surface area contributed by atoms with Crippen molar-refractivity contribution in [3.8, 4) is 0 Å². The van der Waals surface area contributed by atoms with Crippen LogP contribution in [-0.4, -0.2) is 14.9 Å². The minimum Gasteiger partial charge on any atom is -0.358 e. The zero-order chi connectivity index (χ0) is 13.7. The Balaban J connectivity index is 1.82. The fourth-order valence-corrected chi connectivity index (χ4v) is 1.86. The summed E-state index contributed by atoms with van der Waals surface area (Å²) in [5.74, 6) is 0. The minimum atomic E-state index is 0.619. The fraction of sp³-hybridized carbons (Fsp3) is 0.286. The van der Waals surface area contributed by atoms with Crippen LogP contribution in [0.4, 0.5) is 5.69 Å². The molecule has 0 saturated heterocycles. The van der Waals surface area contributed by atoms with Gasteiger partial charge in [0, 0.05) is 30.5 Å². The summed E-state index contributed by atoms with van der Waals surface area (Å²) in [6.07, 6.45) is 3.87. The van der Waals surface area contributed by atoms with Gasteiger partial charge < -0.3 is 10.6 Å². The summed E-state index contributed by atoms with van der Waals surface area (Å²) in [5.41, 5.74) is 3.35. The highest BCUT2D eigenvalue weighted by molar-refractivity contribution is 7.80. The summed E-state index contributed by atoms with van der Waals surface area (Å²) in [4.78, 5) is 0. The molecule has 0 saturated carbocycles. The van der Waals surface area contributed by atoms with E-state index in [1.165, 1.54) is 5.56 Å². The van der Waals surface area contributed by atoms with Gasteiger partial charge in [0.1, 0.15) is 0 Å².